The first-order chi connectivity index (χ1) is 18.0. The predicted octanol–water partition coefficient (Wildman–Crippen LogP) is 3.36. The Morgan fingerprint density at radius 1 is 1.11 bits per heavy atom. The van der Waals surface area contributed by atoms with E-state index in [9.17, 15) is 14.9 Å². The Balaban J connectivity index is 1.29. The summed E-state index contributed by atoms with van der Waals surface area (Å²) in [6.45, 7) is 5.51. The number of hydrogen-bond acceptors (Lipinski definition) is 11. The highest BCUT2D eigenvalue weighted by Crippen LogP contribution is 2.35. The molecular weight excluding hydrogens is 480 g/mol. The van der Waals surface area contributed by atoms with E-state index >= 15 is 0 Å². The number of nitro groups is 1. The van der Waals surface area contributed by atoms with E-state index < -0.39 is 10.9 Å². The number of carbonyl (C=O) groups excluding carboxylic acids is 1. The molecule has 0 saturated carbocycles. The zero-order chi connectivity index (χ0) is 25.8. The number of nitrogens with zero attached hydrogens (tertiary/aromatic N) is 5. The first-order valence-corrected chi connectivity index (χ1v) is 11.9. The van der Waals surface area contributed by atoms with Gasteiger partial charge in [0.1, 0.15) is 6.33 Å². The average molecular weight is 507 g/mol. The summed E-state index contributed by atoms with van der Waals surface area (Å²) >= 11 is 0. The smallest absolute Gasteiger partial charge is 0.353 e. The van der Waals surface area contributed by atoms with Crippen molar-refractivity contribution in [1.82, 2.24) is 14.9 Å². The monoisotopic (exact) mass is 506 g/mol. The molecule has 0 bridgehead atoms. The van der Waals surface area contributed by atoms with Crippen molar-refractivity contribution in [3.63, 3.8) is 0 Å². The molecule has 1 N–H and O–H groups in total. The van der Waals surface area contributed by atoms with Crippen molar-refractivity contribution in [2.75, 3.05) is 49.8 Å². The summed E-state index contributed by atoms with van der Waals surface area (Å²) < 4.78 is 15.9. The van der Waals surface area contributed by atoms with Crippen LogP contribution in [0.5, 0.6) is 11.5 Å². The van der Waals surface area contributed by atoms with Crippen LogP contribution in [0.25, 0.3) is 0 Å². The normalized spacial score (nSPS) is 14.9. The van der Waals surface area contributed by atoms with E-state index in [0.29, 0.717) is 37.4 Å². The molecule has 12 heteroatoms. The van der Waals surface area contributed by atoms with Gasteiger partial charge in [-0.3, -0.25) is 15.0 Å². The van der Waals surface area contributed by atoms with Gasteiger partial charge in [-0.25, -0.2) is 14.8 Å². The third kappa shape index (κ3) is 5.38. The summed E-state index contributed by atoms with van der Waals surface area (Å²) in [4.78, 5) is 36.2. The number of piperazine rings is 1. The molecule has 0 unspecified atom stereocenters. The number of aromatic nitrogens is 2. The van der Waals surface area contributed by atoms with E-state index in [1.54, 1.807) is 31.2 Å². The number of esters is 1. The van der Waals surface area contributed by atoms with Crippen molar-refractivity contribution in [3.8, 4) is 11.5 Å². The van der Waals surface area contributed by atoms with Crippen molar-refractivity contribution in [1.29, 1.82) is 0 Å². The van der Waals surface area contributed by atoms with Crippen LogP contribution in [0.4, 0.5) is 23.0 Å². The molecule has 3 heterocycles. The second-order valence-electron chi connectivity index (χ2n) is 8.53. The molecule has 5 rings (SSSR count). The van der Waals surface area contributed by atoms with Crippen molar-refractivity contribution in [2.24, 2.45) is 0 Å². The Labute approximate surface area is 212 Å². The summed E-state index contributed by atoms with van der Waals surface area (Å²) in [5.41, 5.74) is 1.71. The Hall–Kier alpha value is -4.45. The molecule has 2 aliphatic rings. The maximum absolute atomic E-state index is 12.1. The molecule has 0 aliphatic carbocycles. The molecule has 12 nitrogen and oxygen atoms in total. The molecule has 0 radical (unpaired) electrons. The highest BCUT2D eigenvalue weighted by Gasteiger charge is 2.29. The average Bonchev–Trinajstić information content (AvgIpc) is 3.37. The van der Waals surface area contributed by atoms with Crippen LogP contribution in [-0.4, -0.2) is 65.3 Å². The molecule has 1 fully saturated rings. The third-order valence-electron chi connectivity index (χ3n) is 6.14. The van der Waals surface area contributed by atoms with E-state index in [-0.39, 0.29) is 30.7 Å². The lowest BCUT2D eigenvalue weighted by atomic mass is 10.1. The Morgan fingerprint density at radius 3 is 2.70 bits per heavy atom. The van der Waals surface area contributed by atoms with Crippen LogP contribution >= 0.6 is 0 Å². The van der Waals surface area contributed by atoms with Crippen LogP contribution in [-0.2, 0) is 11.3 Å². The summed E-state index contributed by atoms with van der Waals surface area (Å²) in [7, 11) is 0. The SMILES string of the molecule is CCOC(=O)c1cccc(Nc2ncnc(N3CCN(Cc4ccc5c(c4)OCO5)CC3)c2[N+](=O)[O-])c1. The molecular formula is C25H26N6O6. The highest BCUT2D eigenvalue weighted by molar-refractivity contribution is 5.91. The molecule has 2 aliphatic heterocycles. The second-order valence-corrected chi connectivity index (χ2v) is 8.53. The standard InChI is InChI=1S/C25H26N6O6/c1-2-35-25(32)18-4-3-5-19(13-18)28-23-22(31(33)34)24(27-15-26-23)30-10-8-29(9-11-30)14-17-6-7-20-21(12-17)37-16-36-20/h3-7,12-13,15H,2,8-11,14,16H2,1H3,(H,26,27,28). The number of fused-ring (bicyclic) bond motifs is 1. The Bertz CT molecular complexity index is 1310. The first-order valence-electron chi connectivity index (χ1n) is 11.9. The molecule has 2 aromatic carbocycles. The van der Waals surface area contributed by atoms with Crippen LogP contribution in [0, 0.1) is 10.1 Å². The van der Waals surface area contributed by atoms with Gasteiger partial charge >= 0.3 is 11.7 Å². The third-order valence-corrected chi connectivity index (χ3v) is 6.14. The fourth-order valence-corrected chi connectivity index (χ4v) is 4.35. The van der Waals surface area contributed by atoms with E-state index in [0.717, 1.165) is 23.6 Å². The quantitative estimate of drug-likeness (QED) is 0.274. The van der Waals surface area contributed by atoms with Crippen LogP contribution in [0.15, 0.2) is 48.8 Å². The van der Waals surface area contributed by atoms with Gasteiger partial charge in [0.25, 0.3) is 0 Å². The van der Waals surface area contributed by atoms with Gasteiger partial charge in [-0.2, -0.15) is 0 Å². The molecule has 0 amide bonds. The van der Waals surface area contributed by atoms with Gasteiger partial charge in [0, 0.05) is 38.4 Å². The number of nitrogens with one attached hydrogen (secondary N) is 1. The zero-order valence-electron chi connectivity index (χ0n) is 20.3. The Kier molecular flexibility index (Phi) is 6.99. The van der Waals surface area contributed by atoms with Crippen molar-refractivity contribution >= 4 is 29.0 Å². The summed E-state index contributed by atoms with van der Waals surface area (Å²) in [6, 6.07) is 12.5. The van der Waals surface area contributed by atoms with Gasteiger partial charge in [-0.1, -0.05) is 12.1 Å². The molecule has 0 spiro atoms. The molecule has 37 heavy (non-hydrogen) atoms. The predicted molar refractivity (Wildman–Crippen MR) is 134 cm³/mol. The van der Waals surface area contributed by atoms with Crippen molar-refractivity contribution in [3.05, 3.63) is 70.0 Å². The van der Waals surface area contributed by atoms with E-state index in [4.69, 9.17) is 14.2 Å². The second kappa shape index (κ2) is 10.7. The lowest BCUT2D eigenvalue weighted by Crippen LogP contribution is -2.46. The number of rotatable bonds is 8. The molecule has 0 atom stereocenters. The van der Waals surface area contributed by atoms with Gasteiger partial charge in [-0.05, 0) is 42.8 Å². The maximum atomic E-state index is 12.1. The van der Waals surface area contributed by atoms with Crippen LogP contribution in [0.1, 0.15) is 22.8 Å². The fraction of sp³-hybridized carbons (Fsp3) is 0.320. The number of carbonyl (C=O) groups is 1. The lowest BCUT2D eigenvalue weighted by molar-refractivity contribution is -0.383. The largest absolute Gasteiger partial charge is 0.462 e. The minimum absolute atomic E-state index is 0.0544. The number of ether oxygens (including phenoxy) is 3. The number of anilines is 3. The van der Waals surface area contributed by atoms with Crippen LogP contribution in [0.2, 0.25) is 0 Å². The van der Waals surface area contributed by atoms with Gasteiger partial charge in [0.2, 0.25) is 18.4 Å². The van der Waals surface area contributed by atoms with Crippen molar-refractivity contribution < 1.29 is 23.9 Å². The Morgan fingerprint density at radius 2 is 1.92 bits per heavy atom. The van der Waals surface area contributed by atoms with Crippen LogP contribution in [0.3, 0.4) is 0 Å². The molecule has 192 valence electrons. The van der Waals surface area contributed by atoms with Gasteiger partial charge in [0.15, 0.2) is 11.5 Å². The minimum Gasteiger partial charge on any atom is -0.462 e. The van der Waals surface area contributed by atoms with E-state index in [1.165, 1.54) is 6.33 Å². The minimum atomic E-state index is -0.480. The molecule has 1 saturated heterocycles. The lowest BCUT2D eigenvalue weighted by Gasteiger charge is -2.35. The number of benzene rings is 2. The van der Waals surface area contributed by atoms with Gasteiger partial charge in [-0.15, -0.1) is 0 Å². The maximum Gasteiger partial charge on any atom is 0.353 e. The topological polar surface area (TPSA) is 132 Å². The fourth-order valence-electron chi connectivity index (χ4n) is 4.35. The number of hydrogen-bond donors (Lipinski definition) is 1. The van der Waals surface area contributed by atoms with Crippen molar-refractivity contribution in [2.45, 2.75) is 13.5 Å². The van der Waals surface area contributed by atoms with E-state index in [2.05, 4.69) is 20.2 Å². The summed E-state index contributed by atoms with van der Waals surface area (Å²) in [5.74, 6) is 1.34. The van der Waals surface area contributed by atoms with E-state index in [1.807, 2.05) is 23.1 Å². The highest BCUT2D eigenvalue weighted by atomic mass is 16.7. The molecule has 3 aromatic rings. The zero-order valence-corrected chi connectivity index (χ0v) is 20.3. The molecule has 1 aromatic heterocycles. The van der Waals surface area contributed by atoms with Crippen LogP contribution < -0.4 is 19.7 Å². The first kappa shape index (κ1) is 24.3. The van der Waals surface area contributed by atoms with Gasteiger partial charge < -0.3 is 24.4 Å². The van der Waals surface area contributed by atoms with Gasteiger partial charge in [0.05, 0.1) is 17.1 Å². The summed E-state index contributed by atoms with van der Waals surface area (Å²) in [5, 5.41) is 15.1. The summed E-state index contributed by atoms with van der Waals surface area (Å²) in [6.07, 6.45) is 1.30.